The number of thioether (sulfide) groups is 1. The summed E-state index contributed by atoms with van der Waals surface area (Å²) in [5, 5.41) is 22.5. The highest BCUT2D eigenvalue weighted by molar-refractivity contribution is 7.99. The van der Waals surface area contributed by atoms with Gasteiger partial charge in [-0.15, -0.1) is 11.8 Å². The number of fused-ring (bicyclic) bond motifs is 1. The number of hydrogen-bond donors (Lipinski definition) is 2. The quantitative estimate of drug-likeness (QED) is 0.237. The van der Waals surface area contributed by atoms with E-state index in [-0.39, 0.29) is 12.0 Å². The minimum atomic E-state index is -1.45. The number of pyridine rings is 1. The first-order valence-electron chi connectivity index (χ1n) is 12.2. The molecule has 200 valence electrons. The Hall–Kier alpha value is -2.04. The predicted octanol–water partition coefficient (Wildman–Crippen LogP) is 5.99. The fourth-order valence-corrected chi connectivity index (χ4v) is 6.10. The molecule has 0 amide bonds. The lowest BCUT2D eigenvalue weighted by Crippen LogP contribution is -2.43. The molecule has 0 aliphatic carbocycles. The summed E-state index contributed by atoms with van der Waals surface area (Å²) in [5.41, 5.74) is 1.02. The average molecular weight is 555 g/mol. The number of aliphatic hydroxyl groups excluding tert-OH is 2. The number of methoxy groups -OCH3 is 1. The fourth-order valence-electron chi connectivity index (χ4n) is 4.87. The van der Waals surface area contributed by atoms with Gasteiger partial charge in [0.25, 0.3) is 0 Å². The van der Waals surface area contributed by atoms with Crippen LogP contribution in [0.3, 0.4) is 0 Å². The third-order valence-corrected chi connectivity index (χ3v) is 8.49. The molecular formula is C27H30ClF3N2O3S. The summed E-state index contributed by atoms with van der Waals surface area (Å²) in [6.45, 7) is 2.25. The number of hydrogen-bond acceptors (Lipinski definition) is 6. The Labute approximate surface area is 223 Å². The first kappa shape index (κ1) is 28.0. The maximum atomic E-state index is 13.4. The third kappa shape index (κ3) is 6.52. The van der Waals surface area contributed by atoms with Crippen LogP contribution in [0, 0.1) is 22.9 Å². The third-order valence-electron chi connectivity index (χ3n) is 7.24. The second-order valence-electron chi connectivity index (χ2n) is 9.51. The van der Waals surface area contributed by atoms with Crippen molar-refractivity contribution in [3.8, 4) is 5.75 Å². The summed E-state index contributed by atoms with van der Waals surface area (Å²) in [6, 6.07) is 7.47. The summed E-state index contributed by atoms with van der Waals surface area (Å²) in [6.07, 6.45) is 3.32. The first-order valence-corrected chi connectivity index (χ1v) is 13.5. The van der Waals surface area contributed by atoms with Gasteiger partial charge in [0.15, 0.2) is 17.5 Å². The molecule has 5 nitrogen and oxygen atoms in total. The van der Waals surface area contributed by atoms with E-state index in [0.29, 0.717) is 51.9 Å². The topological polar surface area (TPSA) is 65.8 Å². The molecule has 1 aliphatic heterocycles. The molecule has 1 atom stereocenters. The van der Waals surface area contributed by atoms with E-state index in [0.717, 1.165) is 43.5 Å². The van der Waals surface area contributed by atoms with E-state index in [4.69, 9.17) is 16.3 Å². The van der Waals surface area contributed by atoms with Gasteiger partial charge in [0.2, 0.25) is 0 Å². The molecule has 1 aromatic heterocycles. The minimum absolute atomic E-state index is 0.0229. The van der Waals surface area contributed by atoms with E-state index in [1.807, 2.05) is 18.2 Å². The lowest BCUT2D eigenvalue weighted by Gasteiger charge is -2.41. The molecule has 0 radical (unpaired) electrons. The monoisotopic (exact) mass is 554 g/mol. The smallest absolute Gasteiger partial charge is 0.194 e. The lowest BCUT2D eigenvalue weighted by molar-refractivity contribution is 0.0254. The number of halogens is 4. The second-order valence-corrected chi connectivity index (χ2v) is 11.1. The molecule has 10 heteroatoms. The van der Waals surface area contributed by atoms with Gasteiger partial charge in [0, 0.05) is 40.9 Å². The van der Waals surface area contributed by atoms with Gasteiger partial charge >= 0.3 is 0 Å². The Kier molecular flexibility index (Phi) is 9.24. The van der Waals surface area contributed by atoms with Crippen LogP contribution in [0.5, 0.6) is 5.75 Å². The van der Waals surface area contributed by atoms with Crippen molar-refractivity contribution in [1.82, 2.24) is 9.88 Å². The van der Waals surface area contributed by atoms with Gasteiger partial charge in [-0.3, -0.25) is 4.98 Å². The summed E-state index contributed by atoms with van der Waals surface area (Å²) in [4.78, 5) is 6.94. The van der Waals surface area contributed by atoms with Crippen LogP contribution in [0.4, 0.5) is 13.2 Å². The molecular weight excluding hydrogens is 525 g/mol. The molecule has 1 fully saturated rings. The Morgan fingerprint density at radius 2 is 1.86 bits per heavy atom. The summed E-state index contributed by atoms with van der Waals surface area (Å²) in [7, 11) is 1.58. The summed E-state index contributed by atoms with van der Waals surface area (Å²) >= 11 is 7.72. The van der Waals surface area contributed by atoms with Gasteiger partial charge in [0.1, 0.15) is 5.75 Å². The average Bonchev–Trinajstić information content (AvgIpc) is 2.90. The molecule has 2 aromatic carbocycles. The van der Waals surface area contributed by atoms with Crippen LogP contribution in [0.1, 0.15) is 37.4 Å². The van der Waals surface area contributed by atoms with Crippen molar-refractivity contribution in [3.63, 3.8) is 0 Å². The highest BCUT2D eigenvalue weighted by atomic mass is 35.5. The number of nitrogens with zero attached hydrogens (tertiary/aromatic N) is 2. The summed E-state index contributed by atoms with van der Waals surface area (Å²) in [5.74, 6) is -2.57. The van der Waals surface area contributed by atoms with E-state index in [9.17, 15) is 23.4 Å². The Bertz CT molecular complexity index is 1220. The molecule has 2 N–H and O–H groups in total. The lowest BCUT2D eigenvalue weighted by atomic mass is 9.74. The van der Waals surface area contributed by atoms with Crippen LogP contribution in [0.2, 0.25) is 5.02 Å². The Balaban J connectivity index is 1.32. The molecule has 0 unspecified atom stereocenters. The Morgan fingerprint density at radius 1 is 1.16 bits per heavy atom. The van der Waals surface area contributed by atoms with Crippen molar-refractivity contribution >= 4 is 34.3 Å². The summed E-state index contributed by atoms with van der Waals surface area (Å²) < 4.78 is 45.3. The zero-order chi connectivity index (χ0) is 26.6. The van der Waals surface area contributed by atoms with Gasteiger partial charge in [0.05, 0.1) is 23.8 Å². The van der Waals surface area contributed by atoms with Gasteiger partial charge in [-0.25, -0.2) is 13.2 Å². The van der Waals surface area contributed by atoms with E-state index in [2.05, 4.69) is 9.88 Å². The molecule has 1 saturated heterocycles. The number of aliphatic hydroxyl groups is 2. The van der Waals surface area contributed by atoms with Gasteiger partial charge in [-0.1, -0.05) is 11.6 Å². The van der Waals surface area contributed by atoms with Crippen LogP contribution in [0.15, 0.2) is 41.4 Å². The van der Waals surface area contributed by atoms with Crippen molar-refractivity contribution in [2.24, 2.45) is 5.41 Å². The van der Waals surface area contributed by atoms with E-state index >= 15 is 0 Å². The van der Waals surface area contributed by atoms with Crippen LogP contribution < -0.4 is 4.74 Å². The second kappa shape index (κ2) is 12.2. The molecule has 0 spiro atoms. The van der Waals surface area contributed by atoms with Crippen LogP contribution in [0.25, 0.3) is 10.9 Å². The van der Waals surface area contributed by atoms with E-state index in [1.165, 1.54) is 11.8 Å². The highest BCUT2D eigenvalue weighted by Crippen LogP contribution is 2.40. The van der Waals surface area contributed by atoms with Crippen molar-refractivity contribution in [3.05, 3.63) is 64.6 Å². The maximum absolute atomic E-state index is 13.4. The van der Waals surface area contributed by atoms with Crippen molar-refractivity contribution < 1.29 is 28.1 Å². The normalized spacial score (nSPS) is 16.7. The highest BCUT2D eigenvalue weighted by Gasteiger charge is 2.34. The SMILES string of the molecule is COc1ccc2ncc(Cl)c([C@H](O)CCC3(CO)CCN(CCSc4cc(F)c(F)c(F)c4)CC3)c2c1. The van der Waals surface area contributed by atoms with Gasteiger partial charge < -0.3 is 19.8 Å². The van der Waals surface area contributed by atoms with E-state index in [1.54, 1.807) is 13.3 Å². The number of likely N-dealkylation sites (tertiary alicyclic amines) is 1. The number of aromatic nitrogens is 1. The predicted molar refractivity (Wildman–Crippen MR) is 140 cm³/mol. The van der Waals surface area contributed by atoms with Gasteiger partial charge in [-0.05, 0) is 74.5 Å². The molecule has 1 aliphatic rings. The number of ether oxygens (including phenoxy) is 1. The van der Waals surface area contributed by atoms with Crippen LogP contribution in [-0.4, -0.2) is 59.2 Å². The molecule has 2 heterocycles. The number of piperidine rings is 1. The largest absolute Gasteiger partial charge is 0.497 e. The maximum Gasteiger partial charge on any atom is 0.194 e. The molecule has 37 heavy (non-hydrogen) atoms. The standard InChI is InChI=1S/C27H30ClF3N2O3S/c1-36-17-2-3-23-19(12-17)25(20(28)15-32-23)24(35)4-5-27(16-34)6-8-33(9-7-27)10-11-37-18-13-21(29)26(31)22(30)14-18/h2-3,12-15,24,34-35H,4-11,16H2,1H3/t24-/m1/s1. The van der Waals surface area contributed by atoms with E-state index < -0.39 is 23.6 Å². The van der Waals surface area contributed by atoms with Crippen LogP contribution >= 0.6 is 23.4 Å². The zero-order valence-electron chi connectivity index (χ0n) is 20.5. The Morgan fingerprint density at radius 3 is 2.51 bits per heavy atom. The van der Waals surface area contributed by atoms with Crippen molar-refractivity contribution in [2.45, 2.75) is 36.7 Å². The fraction of sp³-hybridized carbons (Fsp3) is 0.444. The zero-order valence-corrected chi connectivity index (χ0v) is 22.1. The number of benzene rings is 2. The molecule has 0 bridgehead atoms. The molecule has 3 aromatic rings. The molecule has 4 rings (SSSR count). The van der Waals surface area contributed by atoms with Crippen molar-refractivity contribution in [2.75, 3.05) is 39.1 Å². The first-order chi connectivity index (χ1) is 17.7. The van der Waals surface area contributed by atoms with Crippen molar-refractivity contribution in [1.29, 1.82) is 0 Å². The number of rotatable bonds is 10. The molecule has 0 saturated carbocycles. The van der Waals surface area contributed by atoms with Crippen LogP contribution in [-0.2, 0) is 0 Å². The van der Waals surface area contributed by atoms with Gasteiger partial charge in [-0.2, -0.15) is 0 Å². The minimum Gasteiger partial charge on any atom is -0.497 e.